The summed E-state index contributed by atoms with van der Waals surface area (Å²) in [4.78, 5) is 15.5. The van der Waals surface area contributed by atoms with Gasteiger partial charge in [-0.1, -0.05) is 31.4 Å². The first-order chi connectivity index (χ1) is 10.2. The van der Waals surface area contributed by atoms with Gasteiger partial charge in [0, 0.05) is 6.42 Å². The number of benzene rings is 1. The first-order valence-corrected chi connectivity index (χ1v) is 8.27. The van der Waals surface area contributed by atoms with Gasteiger partial charge in [0.05, 0.1) is 5.54 Å². The standard InChI is InChI=1S/C18H25NO2/c20-16-8-6-15(7-9-16)14-17(21)18(10-2-3-11-18)19-12-4-1-5-13-19/h6-9,20H,1-5,10-14H2. The van der Waals surface area contributed by atoms with Crippen LogP contribution in [0.25, 0.3) is 0 Å². The summed E-state index contributed by atoms with van der Waals surface area (Å²) in [5.74, 6) is 0.644. The molecule has 1 aliphatic carbocycles. The first-order valence-electron chi connectivity index (χ1n) is 8.27. The van der Waals surface area contributed by atoms with Crippen molar-refractivity contribution in [2.24, 2.45) is 0 Å². The normalized spacial score (nSPS) is 22.3. The number of carbonyl (C=O) groups is 1. The number of phenolic OH excluding ortho intramolecular Hbond substituents is 1. The monoisotopic (exact) mass is 287 g/mol. The smallest absolute Gasteiger partial charge is 0.157 e. The van der Waals surface area contributed by atoms with Crippen LogP contribution >= 0.6 is 0 Å². The Hall–Kier alpha value is -1.35. The largest absolute Gasteiger partial charge is 0.508 e. The Morgan fingerprint density at radius 2 is 1.62 bits per heavy atom. The zero-order chi connectivity index (χ0) is 14.7. The van der Waals surface area contributed by atoms with Gasteiger partial charge in [0.15, 0.2) is 5.78 Å². The van der Waals surface area contributed by atoms with Crippen LogP contribution in [0.15, 0.2) is 24.3 Å². The van der Waals surface area contributed by atoms with Crippen molar-refractivity contribution in [1.29, 1.82) is 0 Å². The Morgan fingerprint density at radius 3 is 2.24 bits per heavy atom. The predicted octanol–water partition coefficient (Wildman–Crippen LogP) is 3.30. The predicted molar refractivity (Wildman–Crippen MR) is 83.4 cm³/mol. The molecule has 0 radical (unpaired) electrons. The number of hydrogen-bond acceptors (Lipinski definition) is 3. The zero-order valence-electron chi connectivity index (χ0n) is 12.7. The summed E-state index contributed by atoms with van der Waals surface area (Å²) < 4.78 is 0. The van der Waals surface area contributed by atoms with E-state index in [4.69, 9.17) is 0 Å². The maximum Gasteiger partial charge on any atom is 0.157 e. The molecule has 0 spiro atoms. The molecule has 3 nitrogen and oxygen atoms in total. The van der Waals surface area contributed by atoms with Crippen LogP contribution in [-0.2, 0) is 11.2 Å². The van der Waals surface area contributed by atoms with Crippen LogP contribution < -0.4 is 0 Å². The quantitative estimate of drug-likeness (QED) is 0.923. The minimum Gasteiger partial charge on any atom is -0.508 e. The molecule has 3 heteroatoms. The highest BCUT2D eigenvalue weighted by Gasteiger charge is 2.45. The molecule has 2 aliphatic rings. The topological polar surface area (TPSA) is 40.5 Å². The molecule has 1 N–H and O–H groups in total. The fourth-order valence-electron chi connectivity index (χ4n) is 4.02. The lowest BCUT2D eigenvalue weighted by Gasteiger charge is -2.42. The lowest BCUT2D eigenvalue weighted by atomic mass is 9.85. The number of Topliss-reactive ketones (excluding diaryl/α,β-unsaturated/α-hetero) is 1. The van der Waals surface area contributed by atoms with E-state index in [1.54, 1.807) is 12.1 Å². The lowest BCUT2D eigenvalue weighted by Crippen LogP contribution is -2.55. The Morgan fingerprint density at radius 1 is 1.00 bits per heavy atom. The van der Waals surface area contributed by atoms with Crippen LogP contribution in [-0.4, -0.2) is 34.4 Å². The average Bonchev–Trinajstić information content (AvgIpc) is 3.01. The highest BCUT2D eigenvalue weighted by atomic mass is 16.3. The number of aromatic hydroxyl groups is 1. The summed E-state index contributed by atoms with van der Waals surface area (Å²) in [5.41, 5.74) is 0.819. The number of phenols is 1. The van der Waals surface area contributed by atoms with E-state index in [-0.39, 0.29) is 11.3 Å². The molecule has 0 unspecified atom stereocenters. The molecule has 1 aromatic carbocycles. The van der Waals surface area contributed by atoms with Gasteiger partial charge in [0.2, 0.25) is 0 Å². The lowest BCUT2D eigenvalue weighted by molar-refractivity contribution is -0.131. The fourth-order valence-corrected chi connectivity index (χ4v) is 4.02. The van der Waals surface area contributed by atoms with Crippen molar-refractivity contribution in [2.75, 3.05) is 13.1 Å². The van der Waals surface area contributed by atoms with Crippen LogP contribution in [0, 0.1) is 0 Å². The SMILES string of the molecule is O=C(Cc1ccc(O)cc1)C1(N2CCCCC2)CCCC1. The van der Waals surface area contributed by atoms with Gasteiger partial charge in [-0.3, -0.25) is 9.69 Å². The maximum atomic E-state index is 13.0. The second-order valence-corrected chi connectivity index (χ2v) is 6.55. The fraction of sp³-hybridized carbons (Fsp3) is 0.611. The Kier molecular flexibility index (Phi) is 4.29. The van der Waals surface area contributed by atoms with Gasteiger partial charge in [-0.2, -0.15) is 0 Å². The van der Waals surface area contributed by atoms with Gasteiger partial charge in [-0.05, 0) is 56.5 Å². The van der Waals surface area contributed by atoms with Crippen LogP contribution in [0.2, 0.25) is 0 Å². The average molecular weight is 287 g/mol. The summed E-state index contributed by atoms with van der Waals surface area (Å²) in [6.07, 6.45) is 8.68. The molecule has 1 aliphatic heterocycles. The second-order valence-electron chi connectivity index (χ2n) is 6.55. The molecule has 3 rings (SSSR count). The van der Waals surface area contributed by atoms with E-state index in [2.05, 4.69) is 4.90 Å². The molecule has 1 heterocycles. The van der Waals surface area contributed by atoms with Gasteiger partial charge in [0.25, 0.3) is 0 Å². The molecule has 114 valence electrons. The van der Waals surface area contributed by atoms with Gasteiger partial charge in [0.1, 0.15) is 5.75 Å². The molecule has 0 bridgehead atoms. The molecule has 1 saturated heterocycles. The second kappa shape index (κ2) is 6.18. The van der Waals surface area contributed by atoms with Crippen molar-refractivity contribution in [3.8, 4) is 5.75 Å². The minimum atomic E-state index is -0.196. The molecule has 1 aromatic rings. The molecule has 0 amide bonds. The van der Waals surface area contributed by atoms with E-state index in [1.807, 2.05) is 12.1 Å². The Bertz CT molecular complexity index is 482. The van der Waals surface area contributed by atoms with E-state index in [0.717, 1.165) is 31.5 Å². The summed E-state index contributed by atoms with van der Waals surface area (Å²) in [5, 5.41) is 9.36. The molecule has 1 saturated carbocycles. The van der Waals surface area contributed by atoms with Gasteiger partial charge >= 0.3 is 0 Å². The van der Waals surface area contributed by atoms with Gasteiger partial charge in [-0.25, -0.2) is 0 Å². The van der Waals surface area contributed by atoms with E-state index < -0.39 is 0 Å². The van der Waals surface area contributed by atoms with Crippen molar-refractivity contribution in [3.05, 3.63) is 29.8 Å². The summed E-state index contributed by atoms with van der Waals surface area (Å²) >= 11 is 0. The van der Waals surface area contributed by atoms with Crippen molar-refractivity contribution in [2.45, 2.75) is 56.9 Å². The third kappa shape index (κ3) is 2.98. The first kappa shape index (κ1) is 14.6. The van der Waals surface area contributed by atoms with Crippen LogP contribution in [0.1, 0.15) is 50.5 Å². The van der Waals surface area contributed by atoms with Crippen LogP contribution in [0.5, 0.6) is 5.75 Å². The molecule has 21 heavy (non-hydrogen) atoms. The summed E-state index contributed by atoms with van der Waals surface area (Å²) in [6.45, 7) is 2.17. The number of nitrogens with zero attached hydrogens (tertiary/aromatic N) is 1. The summed E-state index contributed by atoms with van der Waals surface area (Å²) in [7, 11) is 0. The zero-order valence-corrected chi connectivity index (χ0v) is 12.7. The number of hydrogen-bond donors (Lipinski definition) is 1. The van der Waals surface area contributed by atoms with Crippen LogP contribution in [0.4, 0.5) is 0 Å². The molecule has 0 atom stereocenters. The number of carbonyl (C=O) groups excluding carboxylic acids is 1. The van der Waals surface area contributed by atoms with Crippen molar-refractivity contribution in [1.82, 2.24) is 4.90 Å². The van der Waals surface area contributed by atoms with E-state index in [1.165, 1.54) is 32.1 Å². The Labute approximate surface area is 127 Å². The van der Waals surface area contributed by atoms with Crippen molar-refractivity contribution < 1.29 is 9.90 Å². The number of likely N-dealkylation sites (tertiary alicyclic amines) is 1. The van der Waals surface area contributed by atoms with E-state index in [9.17, 15) is 9.90 Å². The van der Waals surface area contributed by atoms with Gasteiger partial charge in [-0.15, -0.1) is 0 Å². The highest BCUT2D eigenvalue weighted by Crippen LogP contribution is 2.38. The molecule has 2 fully saturated rings. The van der Waals surface area contributed by atoms with Crippen LogP contribution in [0.3, 0.4) is 0 Å². The number of piperidine rings is 1. The van der Waals surface area contributed by atoms with E-state index >= 15 is 0 Å². The summed E-state index contributed by atoms with van der Waals surface area (Å²) in [6, 6.07) is 7.08. The third-order valence-corrected chi connectivity index (χ3v) is 5.21. The van der Waals surface area contributed by atoms with Crippen molar-refractivity contribution in [3.63, 3.8) is 0 Å². The van der Waals surface area contributed by atoms with Gasteiger partial charge < -0.3 is 5.11 Å². The maximum absolute atomic E-state index is 13.0. The minimum absolute atomic E-state index is 0.196. The van der Waals surface area contributed by atoms with Crippen molar-refractivity contribution >= 4 is 5.78 Å². The van der Waals surface area contributed by atoms with E-state index in [0.29, 0.717) is 12.2 Å². The third-order valence-electron chi connectivity index (χ3n) is 5.21. The number of ketones is 1. The Balaban J connectivity index is 1.76. The number of rotatable bonds is 4. The highest BCUT2D eigenvalue weighted by molar-refractivity contribution is 5.90. The molecule has 0 aromatic heterocycles. The molecular formula is C18H25NO2. The molecular weight excluding hydrogens is 262 g/mol.